The molecule has 0 bridgehead atoms. The largest absolute Gasteiger partial charge is 0.360 e. The fourth-order valence-electron chi connectivity index (χ4n) is 2.42. The number of benzene rings is 1. The monoisotopic (exact) mass is 318 g/mol. The first-order chi connectivity index (χ1) is 10.6. The minimum atomic E-state index is -0.464. The van der Waals surface area contributed by atoms with Crippen molar-refractivity contribution in [1.29, 1.82) is 0 Å². The third-order valence-electron chi connectivity index (χ3n) is 3.52. The van der Waals surface area contributed by atoms with Gasteiger partial charge in [0.1, 0.15) is 6.20 Å². The molecule has 0 saturated carbocycles. The fraction of sp³-hybridized carbons (Fsp3) is 0.286. The Kier molecular flexibility index (Phi) is 4.01. The number of hydrogen-bond donors (Lipinski definition) is 1. The van der Waals surface area contributed by atoms with Crippen LogP contribution < -0.4 is 5.32 Å². The zero-order valence-corrected chi connectivity index (χ0v) is 12.5. The summed E-state index contributed by atoms with van der Waals surface area (Å²) in [7, 11) is 0. The Balaban J connectivity index is 1.56. The Labute approximate surface area is 130 Å². The standard InChI is InChI=1S/C14H14N4O3S/c19-13-11-4-2-1-3-10(11)5-7-17(13)8-6-15-14-16-9-12(22-14)18(20)21/h1-4,9H,5-8H2,(H,15,16). The van der Waals surface area contributed by atoms with E-state index in [4.69, 9.17) is 0 Å². The van der Waals surface area contributed by atoms with Crippen molar-refractivity contribution in [3.63, 3.8) is 0 Å². The van der Waals surface area contributed by atoms with E-state index >= 15 is 0 Å². The number of hydrogen-bond acceptors (Lipinski definition) is 6. The first-order valence-corrected chi connectivity index (χ1v) is 7.68. The summed E-state index contributed by atoms with van der Waals surface area (Å²) in [5.74, 6) is 0.0359. The summed E-state index contributed by atoms with van der Waals surface area (Å²) in [6, 6.07) is 7.64. The molecule has 2 heterocycles. The molecule has 0 saturated heterocycles. The van der Waals surface area contributed by atoms with E-state index in [0.717, 1.165) is 28.9 Å². The van der Waals surface area contributed by atoms with Gasteiger partial charge in [-0.2, -0.15) is 0 Å². The number of amides is 1. The van der Waals surface area contributed by atoms with Gasteiger partial charge in [0.2, 0.25) is 0 Å². The maximum Gasteiger partial charge on any atom is 0.345 e. The van der Waals surface area contributed by atoms with Crippen LogP contribution in [0.5, 0.6) is 0 Å². The van der Waals surface area contributed by atoms with Crippen LogP contribution in [0, 0.1) is 10.1 Å². The van der Waals surface area contributed by atoms with Crippen molar-refractivity contribution in [2.75, 3.05) is 25.0 Å². The number of nitrogens with zero attached hydrogens (tertiary/aromatic N) is 3. The lowest BCUT2D eigenvalue weighted by Crippen LogP contribution is -2.40. The van der Waals surface area contributed by atoms with Crippen molar-refractivity contribution < 1.29 is 9.72 Å². The number of fused-ring (bicyclic) bond motifs is 1. The zero-order chi connectivity index (χ0) is 15.5. The molecule has 1 aromatic heterocycles. The minimum absolute atomic E-state index is 0.00507. The Morgan fingerprint density at radius 1 is 1.41 bits per heavy atom. The number of anilines is 1. The predicted molar refractivity (Wildman–Crippen MR) is 83.3 cm³/mol. The summed E-state index contributed by atoms with van der Waals surface area (Å²) in [6.45, 7) is 1.74. The van der Waals surface area contributed by atoms with E-state index in [1.165, 1.54) is 6.20 Å². The van der Waals surface area contributed by atoms with Crippen LogP contribution in [-0.2, 0) is 6.42 Å². The molecule has 1 aliphatic heterocycles. The van der Waals surface area contributed by atoms with Crippen LogP contribution in [-0.4, -0.2) is 40.3 Å². The van der Waals surface area contributed by atoms with E-state index in [2.05, 4.69) is 10.3 Å². The van der Waals surface area contributed by atoms with Gasteiger partial charge in [-0.1, -0.05) is 18.2 Å². The van der Waals surface area contributed by atoms with Gasteiger partial charge in [-0.25, -0.2) is 4.98 Å². The molecule has 0 radical (unpaired) electrons. The summed E-state index contributed by atoms with van der Waals surface area (Å²) in [5.41, 5.74) is 1.85. The van der Waals surface area contributed by atoms with Crippen LogP contribution in [0.1, 0.15) is 15.9 Å². The van der Waals surface area contributed by atoms with Gasteiger partial charge in [0.15, 0.2) is 5.13 Å². The van der Waals surface area contributed by atoms with Crippen LogP contribution in [0.3, 0.4) is 0 Å². The highest BCUT2D eigenvalue weighted by molar-refractivity contribution is 7.18. The van der Waals surface area contributed by atoms with Crippen molar-refractivity contribution in [1.82, 2.24) is 9.88 Å². The van der Waals surface area contributed by atoms with Crippen molar-refractivity contribution in [2.24, 2.45) is 0 Å². The lowest BCUT2D eigenvalue weighted by atomic mass is 9.99. The molecule has 1 N–H and O–H groups in total. The number of carbonyl (C=O) groups is 1. The first-order valence-electron chi connectivity index (χ1n) is 6.86. The highest BCUT2D eigenvalue weighted by atomic mass is 32.1. The Hall–Kier alpha value is -2.48. The second kappa shape index (κ2) is 6.10. The third kappa shape index (κ3) is 2.91. The maximum atomic E-state index is 12.3. The van der Waals surface area contributed by atoms with Gasteiger partial charge >= 0.3 is 5.00 Å². The zero-order valence-electron chi connectivity index (χ0n) is 11.7. The lowest BCUT2D eigenvalue weighted by molar-refractivity contribution is -0.380. The smallest absolute Gasteiger partial charge is 0.345 e. The van der Waals surface area contributed by atoms with Crippen LogP contribution in [0.15, 0.2) is 30.5 Å². The molecular formula is C14H14N4O3S. The summed E-state index contributed by atoms with van der Waals surface area (Å²) >= 11 is 0.992. The number of nitro groups is 1. The molecule has 0 aliphatic carbocycles. The Morgan fingerprint density at radius 3 is 3.00 bits per heavy atom. The number of aromatic nitrogens is 1. The molecule has 3 rings (SSSR count). The number of carbonyl (C=O) groups excluding carboxylic acids is 1. The van der Waals surface area contributed by atoms with Crippen molar-refractivity contribution >= 4 is 27.4 Å². The van der Waals surface area contributed by atoms with E-state index in [1.807, 2.05) is 24.3 Å². The number of rotatable bonds is 5. The fourth-order valence-corrected chi connectivity index (χ4v) is 3.07. The lowest BCUT2D eigenvalue weighted by Gasteiger charge is -2.28. The molecule has 8 heteroatoms. The molecule has 114 valence electrons. The molecule has 0 atom stereocenters. The van der Waals surface area contributed by atoms with E-state index in [1.54, 1.807) is 4.90 Å². The maximum absolute atomic E-state index is 12.3. The number of nitrogens with one attached hydrogen (secondary N) is 1. The molecule has 0 fully saturated rings. The van der Waals surface area contributed by atoms with Crippen LogP contribution in [0.25, 0.3) is 0 Å². The van der Waals surface area contributed by atoms with Crippen LogP contribution >= 0.6 is 11.3 Å². The SMILES string of the molecule is O=C1c2ccccc2CCN1CCNc1ncc([N+](=O)[O-])s1. The normalized spacial score (nSPS) is 13.8. The van der Waals surface area contributed by atoms with Gasteiger partial charge in [-0.05, 0) is 29.4 Å². The van der Waals surface area contributed by atoms with Crippen molar-refractivity contribution in [2.45, 2.75) is 6.42 Å². The molecule has 1 amide bonds. The van der Waals surface area contributed by atoms with Gasteiger partial charge < -0.3 is 10.2 Å². The average Bonchev–Trinajstić information content (AvgIpc) is 2.99. The first kappa shape index (κ1) is 14.5. The third-order valence-corrected chi connectivity index (χ3v) is 4.42. The van der Waals surface area contributed by atoms with Crippen molar-refractivity contribution in [3.8, 4) is 0 Å². The Morgan fingerprint density at radius 2 is 2.23 bits per heavy atom. The summed E-state index contributed by atoms with van der Waals surface area (Å²) in [5, 5.41) is 14.1. The number of thiazole rings is 1. The van der Waals surface area contributed by atoms with Crippen molar-refractivity contribution in [3.05, 3.63) is 51.7 Å². The van der Waals surface area contributed by atoms with E-state index in [0.29, 0.717) is 24.8 Å². The van der Waals surface area contributed by atoms with E-state index in [-0.39, 0.29) is 10.9 Å². The second-order valence-electron chi connectivity index (χ2n) is 4.89. The van der Waals surface area contributed by atoms with Gasteiger partial charge in [0.05, 0.1) is 4.92 Å². The van der Waals surface area contributed by atoms with Gasteiger partial charge in [0, 0.05) is 25.2 Å². The molecule has 7 nitrogen and oxygen atoms in total. The molecular weight excluding hydrogens is 304 g/mol. The molecule has 1 aromatic carbocycles. The quantitative estimate of drug-likeness (QED) is 0.674. The molecule has 0 spiro atoms. The highest BCUT2D eigenvalue weighted by Gasteiger charge is 2.23. The van der Waals surface area contributed by atoms with Gasteiger partial charge in [-0.15, -0.1) is 0 Å². The topological polar surface area (TPSA) is 88.4 Å². The molecule has 1 aliphatic rings. The molecule has 22 heavy (non-hydrogen) atoms. The summed E-state index contributed by atoms with van der Waals surface area (Å²) < 4.78 is 0. The summed E-state index contributed by atoms with van der Waals surface area (Å²) in [6.07, 6.45) is 2.08. The minimum Gasteiger partial charge on any atom is -0.360 e. The Bertz CT molecular complexity index is 716. The van der Waals surface area contributed by atoms with E-state index < -0.39 is 4.92 Å². The molecule has 2 aromatic rings. The highest BCUT2D eigenvalue weighted by Crippen LogP contribution is 2.24. The summed E-state index contributed by atoms with van der Waals surface area (Å²) in [4.78, 5) is 28.2. The predicted octanol–water partition coefficient (Wildman–Crippen LogP) is 2.16. The van der Waals surface area contributed by atoms with Crippen LogP contribution in [0.4, 0.5) is 10.1 Å². The second-order valence-corrected chi connectivity index (χ2v) is 5.90. The average molecular weight is 318 g/mol. The van der Waals surface area contributed by atoms with Gasteiger partial charge in [-0.3, -0.25) is 14.9 Å². The van der Waals surface area contributed by atoms with Crippen LogP contribution in [0.2, 0.25) is 0 Å². The molecule has 0 unspecified atom stereocenters. The van der Waals surface area contributed by atoms with Gasteiger partial charge in [0.25, 0.3) is 5.91 Å². The van der Waals surface area contributed by atoms with E-state index in [9.17, 15) is 14.9 Å².